The van der Waals surface area contributed by atoms with Gasteiger partial charge < -0.3 is 9.47 Å². The largest absolute Gasteiger partial charge is 0.469 e. The van der Waals surface area contributed by atoms with Crippen LogP contribution in [0.2, 0.25) is 0 Å². The standard InChI is InChI=1S/C29H27BBrN5O4/c1-39-28(37)16-15-25(29(38)40-2)36(17-19-7-3-9-21(32-19)23-11-5-13-26(30)34-23)18-20-8-4-10-22(33-20)24-12-6-14-27(31)35-24/h3-14,25H,15-18H2,1-2H3. The maximum Gasteiger partial charge on any atom is 0.323 e. The van der Waals surface area contributed by atoms with Crippen molar-refractivity contribution in [3.05, 3.63) is 88.8 Å². The number of nitrogens with zero attached hydrogens (tertiary/aromatic N) is 5. The number of halogens is 1. The first-order valence-corrected chi connectivity index (χ1v) is 13.3. The van der Waals surface area contributed by atoms with E-state index in [1.807, 2.05) is 71.6 Å². The highest BCUT2D eigenvalue weighted by molar-refractivity contribution is 9.10. The van der Waals surface area contributed by atoms with E-state index in [2.05, 4.69) is 25.9 Å². The van der Waals surface area contributed by atoms with Gasteiger partial charge in [0.05, 0.1) is 48.4 Å². The lowest BCUT2D eigenvalue weighted by Crippen LogP contribution is -2.42. The van der Waals surface area contributed by atoms with Crippen LogP contribution in [-0.2, 0) is 32.2 Å². The van der Waals surface area contributed by atoms with Crippen LogP contribution >= 0.6 is 15.9 Å². The molecule has 0 bridgehead atoms. The summed E-state index contributed by atoms with van der Waals surface area (Å²) in [5.41, 5.74) is 4.48. The lowest BCUT2D eigenvalue weighted by Gasteiger charge is -2.29. The number of methoxy groups -OCH3 is 2. The number of carbonyl (C=O) groups excluding carboxylic acids is 2. The van der Waals surface area contributed by atoms with Gasteiger partial charge in [-0.05, 0) is 70.4 Å². The van der Waals surface area contributed by atoms with Gasteiger partial charge in [-0.2, -0.15) is 0 Å². The number of hydrogen-bond acceptors (Lipinski definition) is 9. The van der Waals surface area contributed by atoms with Gasteiger partial charge in [0.15, 0.2) is 0 Å². The summed E-state index contributed by atoms with van der Waals surface area (Å²) in [6.45, 7) is 0.559. The van der Waals surface area contributed by atoms with Gasteiger partial charge in [-0.1, -0.05) is 30.3 Å². The molecule has 4 rings (SSSR count). The van der Waals surface area contributed by atoms with Crippen LogP contribution in [0.15, 0.2) is 77.4 Å². The maximum atomic E-state index is 13.0. The van der Waals surface area contributed by atoms with Crippen molar-refractivity contribution in [2.75, 3.05) is 14.2 Å². The van der Waals surface area contributed by atoms with Crippen molar-refractivity contribution in [1.82, 2.24) is 24.8 Å². The predicted molar refractivity (Wildman–Crippen MR) is 154 cm³/mol. The number of carbonyl (C=O) groups is 2. The second-order valence-electron chi connectivity index (χ2n) is 8.88. The summed E-state index contributed by atoms with van der Waals surface area (Å²) in [6.07, 6.45) is 0.242. The van der Waals surface area contributed by atoms with Crippen molar-refractivity contribution in [3.63, 3.8) is 0 Å². The van der Waals surface area contributed by atoms with Crippen molar-refractivity contribution in [3.8, 4) is 22.8 Å². The molecule has 0 saturated heterocycles. The molecule has 1 unspecified atom stereocenters. The highest BCUT2D eigenvalue weighted by Gasteiger charge is 2.29. The van der Waals surface area contributed by atoms with E-state index in [0.29, 0.717) is 44.4 Å². The second-order valence-corrected chi connectivity index (χ2v) is 9.69. The van der Waals surface area contributed by atoms with E-state index < -0.39 is 18.0 Å². The average molecular weight is 600 g/mol. The third kappa shape index (κ3) is 7.80. The van der Waals surface area contributed by atoms with E-state index >= 15 is 0 Å². The number of ether oxygens (including phenoxy) is 2. The van der Waals surface area contributed by atoms with Gasteiger partial charge in [0.25, 0.3) is 0 Å². The Morgan fingerprint density at radius 3 is 1.82 bits per heavy atom. The summed E-state index contributed by atoms with van der Waals surface area (Å²) in [4.78, 5) is 45.3. The van der Waals surface area contributed by atoms with Crippen molar-refractivity contribution < 1.29 is 19.1 Å². The molecule has 1 atom stereocenters. The summed E-state index contributed by atoms with van der Waals surface area (Å²) in [7, 11) is 8.52. The molecule has 11 heteroatoms. The fourth-order valence-electron chi connectivity index (χ4n) is 4.20. The summed E-state index contributed by atoms with van der Waals surface area (Å²) in [5, 5.41) is 0. The van der Waals surface area contributed by atoms with Crippen LogP contribution in [0.25, 0.3) is 22.8 Å². The monoisotopic (exact) mass is 599 g/mol. The molecular weight excluding hydrogens is 573 g/mol. The van der Waals surface area contributed by atoms with E-state index in [-0.39, 0.29) is 25.9 Å². The molecule has 0 aliphatic carbocycles. The highest BCUT2D eigenvalue weighted by Crippen LogP contribution is 2.22. The Morgan fingerprint density at radius 1 is 0.775 bits per heavy atom. The molecule has 0 fully saturated rings. The molecule has 0 amide bonds. The summed E-state index contributed by atoms with van der Waals surface area (Å²) >= 11 is 3.40. The van der Waals surface area contributed by atoms with Gasteiger partial charge in [0, 0.05) is 19.5 Å². The molecule has 0 aliphatic rings. The minimum atomic E-state index is -0.755. The van der Waals surface area contributed by atoms with E-state index in [4.69, 9.17) is 27.3 Å². The number of aromatic nitrogens is 4. The Morgan fingerprint density at radius 2 is 1.30 bits per heavy atom. The molecule has 4 aromatic rings. The fourth-order valence-corrected chi connectivity index (χ4v) is 4.54. The first-order chi connectivity index (χ1) is 19.4. The van der Waals surface area contributed by atoms with E-state index in [9.17, 15) is 9.59 Å². The smallest absolute Gasteiger partial charge is 0.323 e. The zero-order chi connectivity index (χ0) is 28.5. The van der Waals surface area contributed by atoms with Crippen LogP contribution in [0, 0.1) is 0 Å². The Labute approximate surface area is 242 Å². The van der Waals surface area contributed by atoms with Gasteiger partial charge in [0.2, 0.25) is 0 Å². The molecule has 4 heterocycles. The van der Waals surface area contributed by atoms with E-state index in [1.165, 1.54) is 14.2 Å². The first-order valence-electron chi connectivity index (χ1n) is 12.5. The van der Waals surface area contributed by atoms with Crippen LogP contribution in [-0.4, -0.2) is 64.9 Å². The number of rotatable bonds is 11. The SMILES string of the molecule is [B]c1cccc(-c2cccc(CN(Cc3cccc(-c4cccc(Br)n4)n3)C(CCC(=O)OC)C(=O)OC)n2)n1. The Balaban J connectivity index is 1.68. The zero-order valence-electron chi connectivity index (χ0n) is 22.2. The Kier molecular flexibility index (Phi) is 10.1. The molecule has 0 spiro atoms. The topological polar surface area (TPSA) is 107 Å². The maximum absolute atomic E-state index is 13.0. The van der Waals surface area contributed by atoms with Crippen LogP contribution < -0.4 is 5.59 Å². The van der Waals surface area contributed by atoms with Crippen molar-refractivity contribution >= 4 is 41.3 Å². The molecule has 0 aromatic carbocycles. The summed E-state index contributed by atoms with van der Waals surface area (Å²) < 4.78 is 10.7. The Hall–Kier alpha value is -3.96. The second kappa shape index (κ2) is 13.9. The first kappa shape index (κ1) is 29.0. The molecule has 4 aromatic heterocycles. The fraction of sp³-hybridized carbons (Fsp3) is 0.241. The van der Waals surface area contributed by atoms with Crippen LogP contribution in [0.4, 0.5) is 0 Å². The molecule has 0 aliphatic heterocycles. The molecular formula is C29H27BBrN5O4. The van der Waals surface area contributed by atoms with E-state index in [0.717, 1.165) is 0 Å². The van der Waals surface area contributed by atoms with Crippen molar-refractivity contribution in [2.45, 2.75) is 32.0 Å². The van der Waals surface area contributed by atoms with Crippen molar-refractivity contribution in [1.29, 1.82) is 0 Å². The minimum Gasteiger partial charge on any atom is -0.469 e. The molecule has 40 heavy (non-hydrogen) atoms. The summed E-state index contributed by atoms with van der Waals surface area (Å²) in [5.74, 6) is -0.884. The van der Waals surface area contributed by atoms with Gasteiger partial charge in [0.1, 0.15) is 18.5 Å². The van der Waals surface area contributed by atoms with Gasteiger partial charge >= 0.3 is 11.9 Å². The molecule has 9 nitrogen and oxygen atoms in total. The molecule has 0 N–H and O–H groups in total. The highest BCUT2D eigenvalue weighted by atomic mass is 79.9. The van der Waals surface area contributed by atoms with Crippen LogP contribution in [0.1, 0.15) is 24.2 Å². The third-order valence-electron chi connectivity index (χ3n) is 6.12. The number of hydrogen-bond donors (Lipinski definition) is 0. The normalized spacial score (nSPS) is 11.7. The average Bonchev–Trinajstić information content (AvgIpc) is 2.97. The molecule has 2 radical (unpaired) electrons. The molecule has 202 valence electrons. The number of esters is 2. The van der Waals surface area contributed by atoms with Gasteiger partial charge in [-0.25, -0.2) is 15.0 Å². The third-order valence-corrected chi connectivity index (χ3v) is 6.56. The van der Waals surface area contributed by atoms with Crippen LogP contribution in [0.5, 0.6) is 0 Å². The van der Waals surface area contributed by atoms with Crippen molar-refractivity contribution in [2.24, 2.45) is 0 Å². The molecule has 0 saturated carbocycles. The minimum absolute atomic E-state index is 0.0445. The van der Waals surface area contributed by atoms with Crippen LogP contribution in [0.3, 0.4) is 0 Å². The zero-order valence-corrected chi connectivity index (χ0v) is 23.7. The number of pyridine rings is 4. The van der Waals surface area contributed by atoms with Gasteiger partial charge in [-0.3, -0.25) is 19.5 Å². The predicted octanol–water partition coefficient (Wildman–Crippen LogP) is 3.65. The van der Waals surface area contributed by atoms with Gasteiger partial charge in [-0.15, -0.1) is 0 Å². The Bertz CT molecular complexity index is 1400. The van der Waals surface area contributed by atoms with E-state index in [1.54, 1.807) is 6.07 Å². The lowest BCUT2D eigenvalue weighted by atomic mass is 10.0. The quantitative estimate of drug-likeness (QED) is 0.145. The lowest BCUT2D eigenvalue weighted by molar-refractivity contribution is -0.149. The summed E-state index contributed by atoms with van der Waals surface area (Å²) in [6, 6.07) is 21.5.